The van der Waals surface area contributed by atoms with Gasteiger partial charge in [-0.05, 0) is 51.4 Å². The van der Waals surface area contributed by atoms with E-state index in [1.54, 1.807) is 0 Å². The van der Waals surface area contributed by atoms with Gasteiger partial charge < -0.3 is 20.3 Å². The molecule has 0 aliphatic heterocycles. The molecule has 0 saturated heterocycles. The zero-order chi connectivity index (χ0) is 50.7. The minimum absolute atomic E-state index is 0.0172. The molecule has 0 fully saturated rings. The second-order valence-corrected chi connectivity index (χ2v) is 22.1. The number of rotatable bonds is 60. The van der Waals surface area contributed by atoms with Gasteiger partial charge >= 0.3 is 5.97 Å². The van der Waals surface area contributed by atoms with Crippen LogP contribution in [0.4, 0.5) is 0 Å². The van der Waals surface area contributed by atoms with Crippen molar-refractivity contribution in [3.05, 3.63) is 12.2 Å². The van der Waals surface area contributed by atoms with E-state index in [2.05, 4.69) is 31.3 Å². The lowest BCUT2D eigenvalue weighted by Crippen LogP contribution is -2.45. The SMILES string of the molecule is CCCCCCCCCCCCCCCC(=O)OCCCCCCCCCCCCCC/C=C\CCCCCCCCCCCCCC(=O)NC(CO)C(O)CCCCCCCCCCCCCCC. The molecule has 0 rings (SSSR count). The highest BCUT2D eigenvalue weighted by Gasteiger charge is 2.20. The third-order valence-corrected chi connectivity index (χ3v) is 15.1. The molecule has 2 atom stereocenters. The fraction of sp³-hybridized carbons (Fsp3) is 0.938. The first-order valence-corrected chi connectivity index (χ1v) is 31.9. The normalized spacial score (nSPS) is 12.6. The van der Waals surface area contributed by atoms with E-state index in [1.807, 2.05) is 0 Å². The molecule has 0 aliphatic carbocycles. The minimum Gasteiger partial charge on any atom is -0.466 e. The fourth-order valence-electron chi connectivity index (χ4n) is 10.2. The minimum atomic E-state index is -0.663. The Hall–Kier alpha value is -1.40. The van der Waals surface area contributed by atoms with E-state index in [9.17, 15) is 19.8 Å². The Morgan fingerprint density at radius 2 is 0.671 bits per heavy atom. The number of nitrogens with one attached hydrogen (secondary N) is 1. The van der Waals surface area contributed by atoms with E-state index in [-0.39, 0.29) is 18.5 Å². The van der Waals surface area contributed by atoms with Gasteiger partial charge in [-0.3, -0.25) is 9.59 Å². The number of carbonyl (C=O) groups is 2. The van der Waals surface area contributed by atoms with Gasteiger partial charge in [-0.15, -0.1) is 0 Å². The average molecular weight is 989 g/mol. The predicted molar refractivity (Wildman–Crippen MR) is 306 cm³/mol. The topological polar surface area (TPSA) is 95.9 Å². The standard InChI is InChI=1S/C64H125NO5/c1-3-5-7-9-11-13-15-32-36-40-44-48-52-56-62(67)61(60-66)65-63(68)57-53-49-45-41-37-34-30-28-26-24-22-20-18-17-19-21-23-25-27-29-31-35-39-43-47-51-55-59-70-64(69)58-54-50-46-42-38-33-16-14-12-10-8-6-4-2/h17-18,61-62,66-67H,3-16,19-60H2,1-2H3,(H,65,68)/b18-17-. The zero-order valence-corrected chi connectivity index (χ0v) is 47.5. The summed E-state index contributed by atoms with van der Waals surface area (Å²) in [7, 11) is 0. The molecule has 0 aliphatic rings. The average Bonchev–Trinajstić information content (AvgIpc) is 3.36. The van der Waals surface area contributed by atoms with Crippen LogP contribution in [0.1, 0.15) is 361 Å². The lowest BCUT2D eigenvalue weighted by Gasteiger charge is -2.22. The van der Waals surface area contributed by atoms with Crippen LogP contribution < -0.4 is 5.32 Å². The molecule has 0 spiro atoms. The molecule has 0 bridgehead atoms. The molecule has 2 unspecified atom stereocenters. The molecule has 416 valence electrons. The first-order valence-electron chi connectivity index (χ1n) is 31.9. The van der Waals surface area contributed by atoms with Crippen molar-refractivity contribution in [2.75, 3.05) is 13.2 Å². The van der Waals surface area contributed by atoms with Gasteiger partial charge in [-0.1, -0.05) is 309 Å². The van der Waals surface area contributed by atoms with Crippen LogP contribution >= 0.6 is 0 Å². The van der Waals surface area contributed by atoms with Crippen molar-refractivity contribution in [1.29, 1.82) is 0 Å². The first-order chi connectivity index (χ1) is 34.5. The van der Waals surface area contributed by atoms with Crippen LogP contribution in [0.3, 0.4) is 0 Å². The summed E-state index contributed by atoms with van der Waals surface area (Å²) in [6.45, 7) is 4.98. The van der Waals surface area contributed by atoms with Gasteiger partial charge in [-0.25, -0.2) is 0 Å². The molecule has 0 saturated carbocycles. The second-order valence-electron chi connectivity index (χ2n) is 22.1. The smallest absolute Gasteiger partial charge is 0.305 e. The van der Waals surface area contributed by atoms with Gasteiger partial charge in [0.05, 0.1) is 25.4 Å². The van der Waals surface area contributed by atoms with E-state index < -0.39 is 12.1 Å². The Morgan fingerprint density at radius 3 is 1.01 bits per heavy atom. The van der Waals surface area contributed by atoms with E-state index in [1.165, 1.54) is 289 Å². The number of hydrogen-bond acceptors (Lipinski definition) is 5. The molecule has 0 aromatic heterocycles. The number of allylic oxidation sites excluding steroid dienone is 2. The Labute approximate surface area is 438 Å². The molecule has 1 amide bonds. The molecule has 70 heavy (non-hydrogen) atoms. The van der Waals surface area contributed by atoms with Crippen molar-refractivity contribution in [2.24, 2.45) is 0 Å². The molecule has 0 heterocycles. The van der Waals surface area contributed by atoms with Crippen LogP contribution in [0.25, 0.3) is 0 Å². The van der Waals surface area contributed by atoms with Gasteiger partial charge in [0, 0.05) is 12.8 Å². The number of unbranched alkanes of at least 4 members (excludes halogenated alkanes) is 47. The summed E-state index contributed by atoms with van der Waals surface area (Å²) in [6.07, 6.45) is 72.3. The fourth-order valence-corrected chi connectivity index (χ4v) is 10.2. The number of aliphatic hydroxyl groups is 2. The molecule has 0 aromatic rings. The highest BCUT2D eigenvalue weighted by molar-refractivity contribution is 5.76. The van der Waals surface area contributed by atoms with Gasteiger partial charge in [0.2, 0.25) is 5.91 Å². The third-order valence-electron chi connectivity index (χ3n) is 15.1. The molecule has 6 heteroatoms. The number of amides is 1. The summed E-state index contributed by atoms with van der Waals surface area (Å²) in [5, 5.41) is 23.3. The third kappa shape index (κ3) is 55.9. The Balaban J connectivity index is 3.36. The summed E-state index contributed by atoms with van der Waals surface area (Å²) in [4.78, 5) is 24.5. The highest BCUT2D eigenvalue weighted by Crippen LogP contribution is 2.18. The number of carbonyl (C=O) groups excluding carboxylic acids is 2. The van der Waals surface area contributed by atoms with Crippen molar-refractivity contribution in [1.82, 2.24) is 5.32 Å². The van der Waals surface area contributed by atoms with E-state index >= 15 is 0 Å². The maximum absolute atomic E-state index is 12.5. The summed E-state index contributed by atoms with van der Waals surface area (Å²) in [6, 6.07) is -0.540. The van der Waals surface area contributed by atoms with Crippen LogP contribution in [0.5, 0.6) is 0 Å². The molecule has 3 N–H and O–H groups in total. The lowest BCUT2D eigenvalue weighted by molar-refractivity contribution is -0.143. The van der Waals surface area contributed by atoms with Crippen molar-refractivity contribution >= 4 is 11.9 Å². The maximum atomic E-state index is 12.5. The quantitative estimate of drug-likeness (QED) is 0.0321. The van der Waals surface area contributed by atoms with Gasteiger partial charge in [0.1, 0.15) is 0 Å². The second kappa shape index (κ2) is 60.2. The van der Waals surface area contributed by atoms with Crippen molar-refractivity contribution in [3.63, 3.8) is 0 Å². The number of ether oxygens (including phenoxy) is 1. The largest absolute Gasteiger partial charge is 0.466 e. The maximum Gasteiger partial charge on any atom is 0.305 e. The van der Waals surface area contributed by atoms with Crippen LogP contribution in [0.2, 0.25) is 0 Å². The van der Waals surface area contributed by atoms with Gasteiger partial charge in [0.15, 0.2) is 0 Å². The van der Waals surface area contributed by atoms with E-state index in [0.29, 0.717) is 25.9 Å². The summed E-state index contributed by atoms with van der Waals surface area (Å²) >= 11 is 0. The first kappa shape index (κ1) is 68.6. The molecule has 6 nitrogen and oxygen atoms in total. The van der Waals surface area contributed by atoms with Crippen LogP contribution in [0, 0.1) is 0 Å². The predicted octanol–water partition coefficient (Wildman–Crippen LogP) is 20.0. The zero-order valence-electron chi connectivity index (χ0n) is 47.5. The monoisotopic (exact) mass is 988 g/mol. The number of aliphatic hydroxyl groups excluding tert-OH is 2. The lowest BCUT2D eigenvalue weighted by atomic mass is 10.0. The Bertz CT molecular complexity index is 1050. The van der Waals surface area contributed by atoms with Crippen molar-refractivity contribution < 1.29 is 24.5 Å². The Morgan fingerprint density at radius 1 is 0.386 bits per heavy atom. The summed E-state index contributed by atoms with van der Waals surface area (Å²) in [5.74, 6) is -0.0167. The summed E-state index contributed by atoms with van der Waals surface area (Å²) in [5.41, 5.74) is 0. The van der Waals surface area contributed by atoms with E-state index in [4.69, 9.17) is 4.74 Å². The van der Waals surface area contributed by atoms with Crippen LogP contribution in [-0.2, 0) is 14.3 Å². The molecule has 0 radical (unpaired) electrons. The van der Waals surface area contributed by atoms with Crippen molar-refractivity contribution in [2.45, 2.75) is 373 Å². The van der Waals surface area contributed by atoms with Gasteiger partial charge in [-0.2, -0.15) is 0 Å². The number of hydrogen-bond donors (Lipinski definition) is 3. The van der Waals surface area contributed by atoms with Crippen molar-refractivity contribution in [3.8, 4) is 0 Å². The molecule has 0 aromatic carbocycles. The molecular formula is C64H125NO5. The molecular weight excluding hydrogens is 863 g/mol. The Kier molecular flexibility index (Phi) is 59.0. The van der Waals surface area contributed by atoms with Crippen LogP contribution in [0.15, 0.2) is 12.2 Å². The number of esters is 1. The van der Waals surface area contributed by atoms with E-state index in [0.717, 1.165) is 38.5 Å². The van der Waals surface area contributed by atoms with Crippen LogP contribution in [-0.4, -0.2) is 47.4 Å². The highest BCUT2D eigenvalue weighted by atomic mass is 16.5. The summed E-state index contributed by atoms with van der Waals surface area (Å²) < 4.78 is 5.48. The van der Waals surface area contributed by atoms with Gasteiger partial charge in [0.25, 0.3) is 0 Å².